The van der Waals surface area contributed by atoms with Gasteiger partial charge in [0.05, 0.1) is 24.9 Å². The van der Waals surface area contributed by atoms with E-state index in [9.17, 15) is 8.78 Å². The molecule has 4 rings (SSSR count). The van der Waals surface area contributed by atoms with Crippen LogP contribution in [-0.2, 0) is 11.8 Å². The van der Waals surface area contributed by atoms with Crippen LogP contribution in [0.15, 0.2) is 30.6 Å². The molecule has 0 saturated carbocycles. The molecule has 3 aromatic heterocycles. The Bertz CT molecular complexity index is 925. The van der Waals surface area contributed by atoms with Gasteiger partial charge in [-0.15, -0.1) is 0 Å². The molecule has 4 heterocycles. The van der Waals surface area contributed by atoms with E-state index in [-0.39, 0.29) is 5.88 Å². The van der Waals surface area contributed by atoms with Gasteiger partial charge < -0.3 is 14.4 Å². The summed E-state index contributed by atoms with van der Waals surface area (Å²) in [5.41, 5.74) is 2.24. The molecule has 3 aromatic rings. The number of aromatic nitrogens is 4. The van der Waals surface area contributed by atoms with E-state index in [1.807, 2.05) is 12.1 Å². The molecule has 136 valence electrons. The lowest BCUT2D eigenvalue weighted by Gasteiger charge is -2.27. The standard InChI is InChI=1S/C17H17F2N5O2/c1-23-13-10-21-15(26-17(18)19)9-12(13)16(22-23)11-2-3-20-14(8-11)24-4-6-25-7-5-24/h2-3,8-10,17H,4-7H2,1H3. The highest BCUT2D eigenvalue weighted by molar-refractivity contribution is 5.93. The summed E-state index contributed by atoms with van der Waals surface area (Å²) < 4.78 is 36.5. The van der Waals surface area contributed by atoms with E-state index in [0.717, 1.165) is 30.0 Å². The second kappa shape index (κ2) is 6.83. The van der Waals surface area contributed by atoms with E-state index in [1.165, 1.54) is 12.3 Å². The van der Waals surface area contributed by atoms with Crippen LogP contribution in [0.5, 0.6) is 5.88 Å². The normalized spacial score (nSPS) is 15.0. The number of morpholine rings is 1. The summed E-state index contributed by atoms with van der Waals surface area (Å²) >= 11 is 0. The van der Waals surface area contributed by atoms with Crippen molar-refractivity contribution >= 4 is 16.7 Å². The number of anilines is 1. The second-order valence-electron chi connectivity index (χ2n) is 5.89. The second-order valence-corrected chi connectivity index (χ2v) is 5.89. The van der Waals surface area contributed by atoms with E-state index in [0.29, 0.717) is 24.3 Å². The molecule has 0 N–H and O–H groups in total. The van der Waals surface area contributed by atoms with Gasteiger partial charge in [-0.05, 0) is 12.1 Å². The SMILES string of the molecule is Cn1nc(-c2ccnc(N3CCOCC3)c2)c2cc(OC(F)F)ncc21. The molecule has 0 radical (unpaired) electrons. The highest BCUT2D eigenvalue weighted by atomic mass is 19.3. The molecule has 0 aromatic carbocycles. The van der Waals surface area contributed by atoms with Crippen LogP contribution >= 0.6 is 0 Å². The number of pyridine rings is 2. The highest BCUT2D eigenvalue weighted by Crippen LogP contribution is 2.31. The number of alkyl halides is 2. The van der Waals surface area contributed by atoms with E-state index in [4.69, 9.17) is 4.74 Å². The summed E-state index contributed by atoms with van der Waals surface area (Å²) in [4.78, 5) is 10.5. The van der Waals surface area contributed by atoms with Crippen LogP contribution in [0, 0.1) is 0 Å². The Balaban J connectivity index is 1.76. The number of ether oxygens (including phenoxy) is 2. The molecule has 0 amide bonds. The molecule has 0 spiro atoms. The minimum absolute atomic E-state index is 0.135. The third-order valence-electron chi connectivity index (χ3n) is 4.28. The number of aryl methyl sites for hydroxylation is 1. The van der Waals surface area contributed by atoms with Crippen molar-refractivity contribution < 1.29 is 18.3 Å². The monoisotopic (exact) mass is 361 g/mol. The summed E-state index contributed by atoms with van der Waals surface area (Å²) in [5, 5.41) is 5.22. The van der Waals surface area contributed by atoms with Gasteiger partial charge in [-0.2, -0.15) is 13.9 Å². The predicted molar refractivity (Wildman–Crippen MR) is 91.4 cm³/mol. The Kier molecular flexibility index (Phi) is 4.37. The minimum Gasteiger partial charge on any atom is -0.417 e. The molecule has 1 aliphatic rings. The smallest absolute Gasteiger partial charge is 0.388 e. The first-order valence-corrected chi connectivity index (χ1v) is 8.18. The van der Waals surface area contributed by atoms with Crippen LogP contribution in [0.4, 0.5) is 14.6 Å². The number of nitrogens with zero attached hydrogens (tertiary/aromatic N) is 5. The molecule has 1 aliphatic heterocycles. The molecule has 26 heavy (non-hydrogen) atoms. The van der Waals surface area contributed by atoms with Crippen molar-refractivity contribution in [2.75, 3.05) is 31.2 Å². The highest BCUT2D eigenvalue weighted by Gasteiger charge is 2.17. The topological polar surface area (TPSA) is 65.3 Å². The summed E-state index contributed by atoms with van der Waals surface area (Å²) in [6.45, 7) is -0.0450. The van der Waals surface area contributed by atoms with Crippen molar-refractivity contribution in [2.45, 2.75) is 6.61 Å². The zero-order valence-electron chi connectivity index (χ0n) is 14.1. The maximum Gasteiger partial charge on any atom is 0.388 e. The summed E-state index contributed by atoms with van der Waals surface area (Å²) in [6, 6.07) is 5.28. The Morgan fingerprint density at radius 1 is 1.19 bits per heavy atom. The zero-order chi connectivity index (χ0) is 18.1. The van der Waals surface area contributed by atoms with Crippen LogP contribution in [0.1, 0.15) is 0 Å². The van der Waals surface area contributed by atoms with Crippen molar-refractivity contribution in [3.8, 4) is 17.1 Å². The molecule has 1 fully saturated rings. The van der Waals surface area contributed by atoms with Crippen molar-refractivity contribution in [3.05, 3.63) is 30.6 Å². The van der Waals surface area contributed by atoms with Crippen LogP contribution in [0.3, 0.4) is 0 Å². The Morgan fingerprint density at radius 3 is 2.77 bits per heavy atom. The minimum atomic E-state index is -2.92. The predicted octanol–water partition coefficient (Wildman–Crippen LogP) is 2.47. The number of hydrogen-bond donors (Lipinski definition) is 0. The van der Waals surface area contributed by atoms with Crippen LogP contribution in [0.25, 0.3) is 22.2 Å². The lowest BCUT2D eigenvalue weighted by Crippen LogP contribution is -2.36. The molecule has 1 saturated heterocycles. The van der Waals surface area contributed by atoms with Crippen molar-refractivity contribution in [2.24, 2.45) is 7.05 Å². The van der Waals surface area contributed by atoms with Gasteiger partial charge in [0, 0.05) is 43.4 Å². The quantitative estimate of drug-likeness (QED) is 0.711. The first-order valence-electron chi connectivity index (χ1n) is 8.18. The number of rotatable bonds is 4. The van der Waals surface area contributed by atoms with Crippen molar-refractivity contribution in [3.63, 3.8) is 0 Å². The third-order valence-corrected chi connectivity index (χ3v) is 4.28. The Labute approximate surface area is 148 Å². The van der Waals surface area contributed by atoms with E-state index in [2.05, 4.69) is 24.7 Å². The van der Waals surface area contributed by atoms with Gasteiger partial charge in [-0.3, -0.25) is 4.68 Å². The average molecular weight is 361 g/mol. The van der Waals surface area contributed by atoms with Crippen molar-refractivity contribution in [1.29, 1.82) is 0 Å². The third kappa shape index (κ3) is 3.17. The largest absolute Gasteiger partial charge is 0.417 e. The summed E-state index contributed by atoms with van der Waals surface area (Å²) in [5.74, 6) is 0.701. The fourth-order valence-electron chi connectivity index (χ4n) is 3.03. The number of halogens is 2. The average Bonchev–Trinajstić information content (AvgIpc) is 2.98. The Morgan fingerprint density at radius 2 is 2.00 bits per heavy atom. The Hall–Kier alpha value is -2.81. The van der Waals surface area contributed by atoms with Gasteiger partial charge in [0.25, 0.3) is 0 Å². The van der Waals surface area contributed by atoms with E-state index in [1.54, 1.807) is 17.9 Å². The van der Waals surface area contributed by atoms with Crippen LogP contribution in [-0.4, -0.2) is 52.7 Å². The first kappa shape index (κ1) is 16.6. The molecular weight excluding hydrogens is 344 g/mol. The van der Waals surface area contributed by atoms with Crippen LogP contribution < -0.4 is 9.64 Å². The lowest BCUT2D eigenvalue weighted by molar-refractivity contribution is -0.0527. The van der Waals surface area contributed by atoms with Gasteiger partial charge in [0.1, 0.15) is 11.5 Å². The van der Waals surface area contributed by atoms with Crippen molar-refractivity contribution in [1.82, 2.24) is 19.7 Å². The maximum absolute atomic E-state index is 12.5. The van der Waals surface area contributed by atoms with Crippen LogP contribution in [0.2, 0.25) is 0 Å². The van der Waals surface area contributed by atoms with E-state index >= 15 is 0 Å². The summed E-state index contributed by atoms with van der Waals surface area (Å²) in [7, 11) is 1.78. The number of fused-ring (bicyclic) bond motifs is 1. The zero-order valence-corrected chi connectivity index (χ0v) is 14.1. The maximum atomic E-state index is 12.5. The van der Waals surface area contributed by atoms with Gasteiger partial charge in [-0.1, -0.05) is 0 Å². The molecule has 0 unspecified atom stereocenters. The van der Waals surface area contributed by atoms with E-state index < -0.39 is 6.61 Å². The molecule has 9 heteroatoms. The number of hydrogen-bond acceptors (Lipinski definition) is 6. The first-order chi connectivity index (χ1) is 12.6. The summed E-state index contributed by atoms with van der Waals surface area (Å²) in [6.07, 6.45) is 3.20. The van der Waals surface area contributed by atoms with Gasteiger partial charge in [-0.25, -0.2) is 9.97 Å². The van der Waals surface area contributed by atoms with Gasteiger partial charge >= 0.3 is 6.61 Å². The molecule has 0 atom stereocenters. The van der Waals surface area contributed by atoms with Gasteiger partial charge in [0.15, 0.2) is 0 Å². The molecule has 0 bridgehead atoms. The fourth-order valence-corrected chi connectivity index (χ4v) is 3.03. The lowest BCUT2D eigenvalue weighted by atomic mass is 10.1. The molecule has 0 aliphatic carbocycles. The molecule has 7 nitrogen and oxygen atoms in total. The fraction of sp³-hybridized carbons (Fsp3) is 0.353. The van der Waals surface area contributed by atoms with Gasteiger partial charge in [0.2, 0.25) is 5.88 Å². The molecular formula is C17H17F2N5O2.